The Balaban J connectivity index is 1.79. The highest BCUT2D eigenvalue weighted by Gasteiger charge is 2.34. The van der Waals surface area contributed by atoms with Crippen LogP contribution in [0.3, 0.4) is 0 Å². The standard InChI is InChI=1S/C36H40BrN3O4S/c1-26(2)23-38-36(42)34(22-29-10-6-5-7-11-29)39(24-30-12-8-9-28(4)21-30)35(41)25-40(32-17-15-31(37)16-18-32)45(43,44)33-19-13-27(3)14-20-33/h5-21,26,34H,22-25H2,1-4H3,(H,38,42)/t34-/m1/s1. The largest absolute Gasteiger partial charge is 0.354 e. The molecule has 0 saturated heterocycles. The third kappa shape index (κ3) is 9.28. The average molecular weight is 691 g/mol. The van der Waals surface area contributed by atoms with E-state index >= 15 is 0 Å². The molecular formula is C36H40BrN3O4S. The number of nitrogens with one attached hydrogen (secondary N) is 1. The number of nitrogens with zero attached hydrogens (tertiary/aromatic N) is 2. The summed E-state index contributed by atoms with van der Waals surface area (Å²) >= 11 is 3.42. The lowest BCUT2D eigenvalue weighted by molar-refractivity contribution is -0.140. The Morgan fingerprint density at radius 2 is 1.44 bits per heavy atom. The minimum absolute atomic E-state index is 0.0737. The Morgan fingerprint density at radius 1 is 0.800 bits per heavy atom. The van der Waals surface area contributed by atoms with Crippen molar-refractivity contribution in [2.24, 2.45) is 5.92 Å². The van der Waals surface area contributed by atoms with Gasteiger partial charge in [-0.3, -0.25) is 13.9 Å². The van der Waals surface area contributed by atoms with Gasteiger partial charge in [-0.25, -0.2) is 8.42 Å². The van der Waals surface area contributed by atoms with Crippen molar-refractivity contribution >= 4 is 43.5 Å². The first-order valence-corrected chi connectivity index (χ1v) is 17.2. The Kier molecular flexibility index (Phi) is 11.6. The summed E-state index contributed by atoms with van der Waals surface area (Å²) in [6.45, 7) is 7.95. The summed E-state index contributed by atoms with van der Waals surface area (Å²) in [7, 11) is -4.15. The van der Waals surface area contributed by atoms with Crippen molar-refractivity contribution in [3.8, 4) is 0 Å². The molecule has 0 aromatic heterocycles. The predicted molar refractivity (Wildman–Crippen MR) is 183 cm³/mol. The molecule has 4 aromatic rings. The van der Waals surface area contributed by atoms with Crippen LogP contribution in [0.5, 0.6) is 0 Å². The third-order valence-corrected chi connectivity index (χ3v) is 9.71. The number of rotatable bonds is 13. The number of hydrogen-bond acceptors (Lipinski definition) is 4. The maximum atomic E-state index is 14.5. The van der Waals surface area contributed by atoms with Crippen molar-refractivity contribution in [3.05, 3.63) is 130 Å². The quantitative estimate of drug-likeness (QED) is 0.170. The van der Waals surface area contributed by atoms with Gasteiger partial charge in [0.15, 0.2) is 0 Å². The van der Waals surface area contributed by atoms with Crippen molar-refractivity contribution in [1.82, 2.24) is 10.2 Å². The Hall–Kier alpha value is -3.95. The van der Waals surface area contributed by atoms with Crippen LogP contribution < -0.4 is 9.62 Å². The molecule has 236 valence electrons. The van der Waals surface area contributed by atoms with Gasteiger partial charge in [0.2, 0.25) is 11.8 Å². The van der Waals surface area contributed by atoms with Gasteiger partial charge >= 0.3 is 0 Å². The highest BCUT2D eigenvalue weighted by atomic mass is 79.9. The first kappa shape index (κ1) is 33.9. The summed E-state index contributed by atoms with van der Waals surface area (Å²) in [5, 5.41) is 3.02. The molecule has 4 rings (SSSR count). The van der Waals surface area contributed by atoms with E-state index in [1.807, 2.05) is 82.3 Å². The molecule has 0 aliphatic rings. The lowest BCUT2D eigenvalue weighted by Crippen LogP contribution is -2.53. The molecule has 0 fully saturated rings. The minimum Gasteiger partial charge on any atom is -0.354 e. The lowest BCUT2D eigenvalue weighted by atomic mass is 10.0. The summed E-state index contributed by atoms with van der Waals surface area (Å²) in [5.74, 6) is -0.569. The monoisotopic (exact) mass is 689 g/mol. The molecular weight excluding hydrogens is 650 g/mol. The fourth-order valence-corrected chi connectivity index (χ4v) is 6.64. The highest BCUT2D eigenvalue weighted by molar-refractivity contribution is 9.10. The first-order valence-electron chi connectivity index (χ1n) is 15.0. The zero-order valence-electron chi connectivity index (χ0n) is 26.1. The van der Waals surface area contributed by atoms with Crippen LogP contribution in [0.2, 0.25) is 0 Å². The van der Waals surface area contributed by atoms with E-state index in [9.17, 15) is 18.0 Å². The van der Waals surface area contributed by atoms with Crippen LogP contribution >= 0.6 is 15.9 Å². The van der Waals surface area contributed by atoms with E-state index in [0.717, 1.165) is 31.0 Å². The predicted octanol–water partition coefficient (Wildman–Crippen LogP) is 6.67. The second-order valence-corrected chi connectivity index (χ2v) is 14.4. The molecule has 9 heteroatoms. The first-order chi connectivity index (χ1) is 21.4. The van der Waals surface area contributed by atoms with Crippen LogP contribution in [-0.4, -0.2) is 44.3 Å². The fraction of sp³-hybridized carbons (Fsp3) is 0.278. The molecule has 0 radical (unpaired) electrons. The molecule has 1 atom stereocenters. The van der Waals surface area contributed by atoms with Gasteiger partial charge in [0.05, 0.1) is 10.6 Å². The van der Waals surface area contributed by atoms with Gasteiger partial charge in [0.25, 0.3) is 10.0 Å². The van der Waals surface area contributed by atoms with Gasteiger partial charge in [-0.2, -0.15) is 0 Å². The van der Waals surface area contributed by atoms with Crippen molar-refractivity contribution in [1.29, 1.82) is 0 Å². The van der Waals surface area contributed by atoms with Crippen LogP contribution in [0.4, 0.5) is 5.69 Å². The van der Waals surface area contributed by atoms with E-state index < -0.39 is 28.5 Å². The number of amides is 2. The Labute approximate surface area is 275 Å². The topological polar surface area (TPSA) is 86.8 Å². The number of aryl methyl sites for hydroxylation is 2. The summed E-state index contributed by atoms with van der Waals surface area (Å²) in [6.07, 6.45) is 0.269. The Morgan fingerprint density at radius 3 is 2.07 bits per heavy atom. The molecule has 0 aliphatic carbocycles. The van der Waals surface area contributed by atoms with Gasteiger partial charge in [0, 0.05) is 24.0 Å². The van der Waals surface area contributed by atoms with Gasteiger partial charge in [-0.1, -0.05) is 108 Å². The number of hydrogen-bond donors (Lipinski definition) is 1. The molecule has 0 aliphatic heterocycles. The van der Waals surface area contributed by atoms with Crippen molar-refractivity contribution in [2.45, 2.75) is 51.6 Å². The fourth-order valence-electron chi connectivity index (χ4n) is 4.96. The molecule has 2 amide bonds. The molecule has 4 aromatic carbocycles. The van der Waals surface area contributed by atoms with Gasteiger partial charge in [-0.05, 0) is 67.3 Å². The Bertz CT molecular complexity index is 1690. The molecule has 1 N–H and O–H groups in total. The molecule has 0 bridgehead atoms. The van der Waals surface area contributed by atoms with E-state index in [-0.39, 0.29) is 29.7 Å². The number of carbonyl (C=O) groups excluding carboxylic acids is 2. The van der Waals surface area contributed by atoms with E-state index in [2.05, 4.69) is 21.2 Å². The number of anilines is 1. The lowest BCUT2D eigenvalue weighted by Gasteiger charge is -2.34. The van der Waals surface area contributed by atoms with Crippen LogP contribution in [-0.2, 0) is 32.6 Å². The van der Waals surface area contributed by atoms with Gasteiger partial charge in [-0.15, -0.1) is 0 Å². The molecule has 7 nitrogen and oxygen atoms in total. The highest BCUT2D eigenvalue weighted by Crippen LogP contribution is 2.27. The molecule has 45 heavy (non-hydrogen) atoms. The minimum atomic E-state index is -4.15. The van der Waals surface area contributed by atoms with Gasteiger partial charge < -0.3 is 10.2 Å². The van der Waals surface area contributed by atoms with Crippen LogP contribution in [0.15, 0.2) is 112 Å². The van der Waals surface area contributed by atoms with E-state index in [1.54, 1.807) is 48.5 Å². The summed E-state index contributed by atoms with van der Waals surface area (Å²) in [5.41, 5.74) is 4.00. The summed E-state index contributed by atoms with van der Waals surface area (Å²) in [6, 6.07) is 29.8. The number of halogens is 1. The zero-order valence-corrected chi connectivity index (χ0v) is 28.5. The number of carbonyl (C=O) groups is 2. The number of sulfonamides is 1. The van der Waals surface area contributed by atoms with E-state index in [1.165, 1.54) is 4.90 Å². The van der Waals surface area contributed by atoms with Gasteiger partial charge in [0.1, 0.15) is 12.6 Å². The van der Waals surface area contributed by atoms with Crippen LogP contribution in [0.25, 0.3) is 0 Å². The second kappa shape index (κ2) is 15.4. The summed E-state index contributed by atoms with van der Waals surface area (Å²) in [4.78, 5) is 30.0. The maximum absolute atomic E-state index is 14.5. The molecule has 0 unspecified atom stereocenters. The molecule has 0 spiro atoms. The molecule has 0 heterocycles. The second-order valence-electron chi connectivity index (χ2n) is 11.7. The zero-order chi connectivity index (χ0) is 32.6. The third-order valence-electron chi connectivity index (χ3n) is 7.39. The number of benzene rings is 4. The smallest absolute Gasteiger partial charge is 0.264 e. The van der Waals surface area contributed by atoms with Crippen molar-refractivity contribution in [2.75, 3.05) is 17.4 Å². The maximum Gasteiger partial charge on any atom is 0.264 e. The van der Waals surface area contributed by atoms with E-state index in [4.69, 9.17) is 0 Å². The van der Waals surface area contributed by atoms with Crippen molar-refractivity contribution in [3.63, 3.8) is 0 Å². The van der Waals surface area contributed by atoms with Crippen LogP contribution in [0, 0.1) is 19.8 Å². The van der Waals surface area contributed by atoms with Crippen molar-refractivity contribution < 1.29 is 18.0 Å². The average Bonchev–Trinajstić information content (AvgIpc) is 3.01. The van der Waals surface area contributed by atoms with E-state index in [0.29, 0.717) is 12.2 Å². The SMILES string of the molecule is Cc1ccc(S(=O)(=O)N(CC(=O)N(Cc2cccc(C)c2)[C@H](Cc2ccccc2)C(=O)NCC(C)C)c2ccc(Br)cc2)cc1. The normalized spacial score (nSPS) is 12.0. The molecule has 0 saturated carbocycles. The van der Waals surface area contributed by atoms with Crippen LogP contribution in [0.1, 0.15) is 36.1 Å². The summed E-state index contributed by atoms with van der Waals surface area (Å²) < 4.78 is 30.2.